The minimum atomic E-state index is -0.602. The molecule has 0 fully saturated rings. The first-order chi connectivity index (χ1) is 5.18. The molecule has 3 heteroatoms. The van der Waals surface area contributed by atoms with Gasteiger partial charge >= 0.3 is 0 Å². The lowest BCUT2D eigenvalue weighted by Crippen LogP contribution is -2.09. The summed E-state index contributed by atoms with van der Waals surface area (Å²) < 4.78 is 4.60. The summed E-state index contributed by atoms with van der Waals surface area (Å²) >= 11 is 0. The van der Waals surface area contributed by atoms with E-state index in [1.165, 1.54) is 0 Å². The van der Waals surface area contributed by atoms with Crippen molar-refractivity contribution in [2.24, 2.45) is 0 Å². The highest BCUT2D eigenvalue weighted by Crippen LogP contribution is 1.78. The summed E-state index contributed by atoms with van der Waals surface area (Å²) in [4.78, 5) is 0. The Morgan fingerprint density at radius 2 is 1.73 bits per heavy atom. The molecule has 11 heavy (non-hydrogen) atoms. The number of hydrogen-bond acceptors (Lipinski definition) is 3. The molecule has 0 aromatic heterocycles. The third-order valence-corrected chi connectivity index (χ3v) is 0.908. The molecule has 70 valence electrons. The van der Waals surface area contributed by atoms with Crippen molar-refractivity contribution < 1.29 is 9.84 Å². The number of aliphatic hydroxyl groups excluding tert-OH is 1. The van der Waals surface area contributed by atoms with Crippen LogP contribution in [0.4, 0.5) is 0 Å². The van der Waals surface area contributed by atoms with Gasteiger partial charge < -0.3 is 15.2 Å². The normalized spacial score (nSPS) is 11.7. The zero-order valence-electron chi connectivity index (χ0n) is 8.05. The van der Waals surface area contributed by atoms with Crippen LogP contribution in [0.3, 0.4) is 0 Å². The fourth-order valence-electron chi connectivity index (χ4n) is 0.491. The van der Waals surface area contributed by atoms with Crippen molar-refractivity contribution in [3.05, 3.63) is 0 Å². The van der Waals surface area contributed by atoms with Gasteiger partial charge in [0.25, 0.3) is 0 Å². The Balaban J connectivity index is 0. The second kappa shape index (κ2) is 12.5. The summed E-state index contributed by atoms with van der Waals surface area (Å²) in [5.41, 5.74) is 0. The minimum Gasteiger partial charge on any atom is -0.368 e. The zero-order chi connectivity index (χ0) is 9.11. The van der Waals surface area contributed by atoms with Gasteiger partial charge in [-0.2, -0.15) is 0 Å². The van der Waals surface area contributed by atoms with Crippen LogP contribution in [0.15, 0.2) is 0 Å². The summed E-state index contributed by atoms with van der Waals surface area (Å²) in [6.07, 6.45) is -0.602. The van der Waals surface area contributed by atoms with Crippen molar-refractivity contribution >= 4 is 0 Å². The van der Waals surface area contributed by atoms with Crippen LogP contribution in [-0.4, -0.2) is 31.1 Å². The van der Waals surface area contributed by atoms with E-state index in [0.717, 1.165) is 13.1 Å². The molecule has 1 atom stereocenters. The SMILES string of the molecule is CCNCC.CCOC(C)O. The molecular weight excluding hydrogens is 142 g/mol. The first-order valence-electron chi connectivity index (χ1n) is 4.19. The highest BCUT2D eigenvalue weighted by Gasteiger charge is 1.85. The van der Waals surface area contributed by atoms with Crippen LogP contribution < -0.4 is 5.32 Å². The lowest BCUT2D eigenvalue weighted by Gasteiger charge is -1.99. The van der Waals surface area contributed by atoms with Crippen molar-refractivity contribution in [3.63, 3.8) is 0 Å². The van der Waals surface area contributed by atoms with E-state index in [0.29, 0.717) is 6.61 Å². The molecule has 0 saturated heterocycles. The van der Waals surface area contributed by atoms with E-state index in [1.807, 2.05) is 6.92 Å². The van der Waals surface area contributed by atoms with Crippen LogP contribution in [0.25, 0.3) is 0 Å². The quantitative estimate of drug-likeness (QED) is 0.607. The van der Waals surface area contributed by atoms with Crippen molar-refractivity contribution in [3.8, 4) is 0 Å². The highest BCUT2D eigenvalue weighted by molar-refractivity contribution is 4.27. The summed E-state index contributed by atoms with van der Waals surface area (Å²) in [5.74, 6) is 0. The molecule has 0 aromatic rings. The lowest BCUT2D eigenvalue weighted by atomic mass is 10.7. The van der Waals surface area contributed by atoms with Crippen molar-refractivity contribution in [2.45, 2.75) is 34.0 Å². The van der Waals surface area contributed by atoms with Gasteiger partial charge in [-0.25, -0.2) is 0 Å². The second-order valence-electron chi connectivity index (χ2n) is 2.01. The summed E-state index contributed by atoms with van der Waals surface area (Å²) in [6.45, 7) is 10.4. The van der Waals surface area contributed by atoms with Crippen molar-refractivity contribution in [1.29, 1.82) is 0 Å². The van der Waals surface area contributed by atoms with Crippen LogP contribution in [0.5, 0.6) is 0 Å². The van der Waals surface area contributed by atoms with E-state index >= 15 is 0 Å². The fraction of sp³-hybridized carbons (Fsp3) is 1.00. The number of ether oxygens (including phenoxy) is 1. The smallest absolute Gasteiger partial charge is 0.151 e. The molecule has 0 aromatic carbocycles. The van der Waals surface area contributed by atoms with Gasteiger partial charge in [0, 0.05) is 6.61 Å². The lowest BCUT2D eigenvalue weighted by molar-refractivity contribution is -0.0800. The number of hydrogen-bond donors (Lipinski definition) is 2. The average molecular weight is 163 g/mol. The van der Waals surface area contributed by atoms with Crippen LogP contribution >= 0.6 is 0 Å². The Kier molecular flexibility index (Phi) is 15.4. The second-order valence-corrected chi connectivity index (χ2v) is 2.01. The average Bonchev–Trinajstić information content (AvgIpc) is 1.90. The van der Waals surface area contributed by atoms with Crippen molar-refractivity contribution in [2.75, 3.05) is 19.7 Å². The van der Waals surface area contributed by atoms with Crippen LogP contribution in [-0.2, 0) is 4.74 Å². The van der Waals surface area contributed by atoms with Gasteiger partial charge in [-0.1, -0.05) is 13.8 Å². The fourth-order valence-corrected chi connectivity index (χ4v) is 0.491. The van der Waals surface area contributed by atoms with Gasteiger partial charge in [-0.05, 0) is 26.9 Å². The Labute approximate surface area is 69.8 Å². The largest absolute Gasteiger partial charge is 0.368 e. The Bertz CT molecular complexity index is 56.1. The number of rotatable bonds is 4. The minimum absolute atomic E-state index is 0.581. The van der Waals surface area contributed by atoms with Gasteiger partial charge in [-0.15, -0.1) is 0 Å². The number of aliphatic hydroxyl groups is 1. The first kappa shape index (κ1) is 13.5. The summed E-state index contributed by atoms with van der Waals surface area (Å²) in [7, 11) is 0. The molecule has 0 aliphatic heterocycles. The summed E-state index contributed by atoms with van der Waals surface area (Å²) in [5, 5.41) is 11.4. The predicted molar refractivity (Wildman–Crippen MR) is 47.5 cm³/mol. The maximum Gasteiger partial charge on any atom is 0.151 e. The maximum atomic E-state index is 8.33. The van der Waals surface area contributed by atoms with Gasteiger partial charge in [-0.3, -0.25) is 0 Å². The number of nitrogens with one attached hydrogen (secondary N) is 1. The van der Waals surface area contributed by atoms with E-state index < -0.39 is 6.29 Å². The molecule has 0 spiro atoms. The molecule has 3 nitrogen and oxygen atoms in total. The van der Waals surface area contributed by atoms with Crippen LogP contribution in [0.2, 0.25) is 0 Å². The van der Waals surface area contributed by atoms with Crippen LogP contribution in [0.1, 0.15) is 27.7 Å². The van der Waals surface area contributed by atoms with E-state index in [2.05, 4.69) is 23.9 Å². The molecule has 0 rings (SSSR count). The third-order valence-electron chi connectivity index (χ3n) is 0.908. The molecule has 0 amide bonds. The van der Waals surface area contributed by atoms with Gasteiger partial charge in [0.15, 0.2) is 6.29 Å². The maximum absolute atomic E-state index is 8.33. The predicted octanol–water partition coefficient (Wildman–Crippen LogP) is 0.977. The Morgan fingerprint density at radius 3 is 1.73 bits per heavy atom. The zero-order valence-corrected chi connectivity index (χ0v) is 8.05. The molecule has 0 heterocycles. The first-order valence-corrected chi connectivity index (χ1v) is 4.19. The van der Waals surface area contributed by atoms with E-state index in [-0.39, 0.29) is 0 Å². The Hall–Kier alpha value is -0.120. The van der Waals surface area contributed by atoms with Crippen molar-refractivity contribution in [1.82, 2.24) is 5.32 Å². The molecular formula is C8H21NO2. The highest BCUT2D eigenvalue weighted by atomic mass is 16.6. The molecule has 0 saturated carbocycles. The van der Waals surface area contributed by atoms with Gasteiger partial charge in [0.05, 0.1) is 0 Å². The third kappa shape index (κ3) is 25.8. The Morgan fingerprint density at radius 1 is 1.27 bits per heavy atom. The molecule has 2 N–H and O–H groups in total. The van der Waals surface area contributed by atoms with Crippen LogP contribution in [0, 0.1) is 0 Å². The molecule has 1 unspecified atom stereocenters. The van der Waals surface area contributed by atoms with E-state index in [4.69, 9.17) is 5.11 Å². The monoisotopic (exact) mass is 163 g/mol. The molecule has 0 aliphatic carbocycles. The molecule has 0 aliphatic rings. The molecule has 0 radical (unpaired) electrons. The summed E-state index contributed by atoms with van der Waals surface area (Å²) in [6, 6.07) is 0. The van der Waals surface area contributed by atoms with E-state index in [9.17, 15) is 0 Å². The van der Waals surface area contributed by atoms with Gasteiger partial charge in [0.1, 0.15) is 0 Å². The van der Waals surface area contributed by atoms with E-state index in [1.54, 1.807) is 6.92 Å². The standard InChI is InChI=1S/C4H11N.C4H10O2/c1-3-5-4-2;1-3-6-4(2)5/h5H,3-4H2,1-2H3;4-5H,3H2,1-2H3. The molecule has 0 bridgehead atoms. The topological polar surface area (TPSA) is 41.5 Å². The van der Waals surface area contributed by atoms with Gasteiger partial charge in [0.2, 0.25) is 0 Å².